The van der Waals surface area contributed by atoms with Crippen LogP contribution in [0.2, 0.25) is 0 Å². The zero-order valence-corrected chi connectivity index (χ0v) is 11.3. The van der Waals surface area contributed by atoms with Crippen LogP contribution in [0.15, 0.2) is 18.2 Å². The van der Waals surface area contributed by atoms with Gasteiger partial charge in [-0.25, -0.2) is 0 Å². The summed E-state index contributed by atoms with van der Waals surface area (Å²) in [5.41, 5.74) is 17.2. The van der Waals surface area contributed by atoms with E-state index in [9.17, 15) is 4.79 Å². The van der Waals surface area contributed by atoms with Crippen LogP contribution in [0.1, 0.15) is 18.1 Å². The van der Waals surface area contributed by atoms with Crippen LogP contribution < -0.4 is 21.9 Å². The molecule has 0 aromatic heterocycles. The third kappa shape index (κ3) is 6.88. The monoisotopic (exact) mass is 253 g/mol. The predicted molar refractivity (Wildman–Crippen MR) is 73.3 cm³/mol. The maximum absolute atomic E-state index is 9.47. The fourth-order valence-electron chi connectivity index (χ4n) is 1.24. The lowest BCUT2D eigenvalue weighted by Crippen LogP contribution is -2.24. The number of para-hydroxylation sites is 1. The van der Waals surface area contributed by atoms with Gasteiger partial charge in [0, 0.05) is 6.04 Å². The summed E-state index contributed by atoms with van der Waals surface area (Å²) in [4.78, 5) is 9.47. The van der Waals surface area contributed by atoms with Crippen LogP contribution in [0.25, 0.3) is 0 Å². The molecule has 0 spiro atoms. The molecular weight excluding hydrogens is 230 g/mol. The van der Waals surface area contributed by atoms with Gasteiger partial charge in [0.25, 0.3) is 0 Å². The van der Waals surface area contributed by atoms with Crippen molar-refractivity contribution < 1.29 is 9.53 Å². The first-order valence-corrected chi connectivity index (χ1v) is 5.81. The van der Waals surface area contributed by atoms with Gasteiger partial charge in [-0.1, -0.05) is 18.2 Å². The molecule has 1 unspecified atom stereocenters. The summed E-state index contributed by atoms with van der Waals surface area (Å²) in [6, 6.07) is 6.20. The van der Waals surface area contributed by atoms with E-state index in [1.807, 2.05) is 39.0 Å². The SMILES string of the molecule is Cc1cccc(C)c1OCC(C)N.NCC(N)=O. The van der Waals surface area contributed by atoms with Gasteiger partial charge in [0.1, 0.15) is 12.4 Å². The van der Waals surface area contributed by atoms with Crippen LogP contribution in [0.3, 0.4) is 0 Å². The Hall–Kier alpha value is -1.59. The molecule has 0 saturated heterocycles. The molecule has 5 heteroatoms. The molecule has 102 valence electrons. The number of nitrogens with two attached hydrogens (primary N) is 3. The molecule has 0 radical (unpaired) electrons. The fourth-order valence-corrected chi connectivity index (χ4v) is 1.24. The minimum Gasteiger partial charge on any atom is -0.491 e. The summed E-state index contributed by atoms with van der Waals surface area (Å²) in [7, 11) is 0. The maximum atomic E-state index is 9.47. The fraction of sp³-hybridized carbons (Fsp3) is 0.462. The molecule has 0 saturated carbocycles. The van der Waals surface area contributed by atoms with Crippen molar-refractivity contribution in [2.75, 3.05) is 13.2 Å². The Labute approximate surface area is 108 Å². The zero-order chi connectivity index (χ0) is 14.1. The molecule has 1 rings (SSSR count). The average Bonchev–Trinajstić information content (AvgIpc) is 2.28. The van der Waals surface area contributed by atoms with Crippen LogP contribution in [0.4, 0.5) is 0 Å². The third-order valence-corrected chi connectivity index (χ3v) is 2.10. The number of amides is 1. The van der Waals surface area contributed by atoms with E-state index < -0.39 is 5.91 Å². The highest BCUT2D eigenvalue weighted by Gasteiger charge is 2.03. The molecule has 0 aliphatic heterocycles. The molecule has 1 aromatic rings. The Morgan fingerprint density at radius 1 is 1.33 bits per heavy atom. The van der Waals surface area contributed by atoms with E-state index in [-0.39, 0.29) is 12.6 Å². The molecule has 6 N–H and O–H groups in total. The van der Waals surface area contributed by atoms with E-state index >= 15 is 0 Å². The van der Waals surface area contributed by atoms with Crippen molar-refractivity contribution in [1.82, 2.24) is 0 Å². The standard InChI is InChI=1S/C11H17NO.C2H6N2O/c1-8-5-4-6-9(2)11(8)13-7-10(3)12;3-1-2(4)5/h4-6,10H,7,12H2,1-3H3;1,3H2,(H2,4,5). The Morgan fingerprint density at radius 3 is 2.11 bits per heavy atom. The lowest BCUT2D eigenvalue weighted by atomic mass is 10.1. The predicted octanol–water partition coefficient (Wildman–Crippen LogP) is 0.460. The first-order valence-electron chi connectivity index (χ1n) is 5.81. The molecule has 0 heterocycles. The number of hydrogen-bond acceptors (Lipinski definition) is 4. The Balaban J connectivity index is 0.000000494. The van der Waals surface area contributed by atoms with Crippen LogP contribution in [-0.2, 0) is 4.79 Å². The van der Waals surface area contributed by atoms with Crippen molar-refractivity contribution in [3.63, 3.8) is 0 Å². The number of benzene rings is 1. The van der Waals surface area contributed by atoms with Gasteiger partial charge in [-0.15, -0.1) is 0 Å². The van der Waals surface area contributed by atoms with Gasteiger partial charge in [0.05, 0.1) is 6.54 Å². The molecule has 1 atom stereocenters. The van der Waals surface area contributed by atoms with Gasteiger partial charge < -0.3 is 21.9 Å². The molecule has 0 aliphatic rings. The second-order valence-corrected chi connectivity index (χ2v) is 4.18. The first-order chi connectivity index (χ1) is 8.38. The number of ether oxygens (including phenoxy) is 1. The highest BCUT2D eigenvalue weighted by molar-refractivity contribution is 5.75. The molecule has 1 amide bonds. The number of carbonyl (C=O) groups is 1. The van der Waals surface area contributed by atoms with Gasteiger partial charge in [-0.3, -0.25) is 4.79 Å². The van der Waals surface area contributed by atoms with Gasteiger partial charge in [0.15, 0.2) is 0 Å². The third-order valence-electron chi connectivity index (χ3n) is 2.10. The summed E-state index contributed by atoms with van der Waals surface area (Å²) in [6.45, 7) is 6.55. The normalized spacial score (nSPS) is 11.2. The van der Waals surface area contributed by atoms with Gasteiger partial charge in [-0.05, 0) is 31.9 Å². The van der Waals surface area contributed by atoms with E-state index in [0.717, 1.165) is 5.75 Å². The van der Waals surface area contributed by atoms with Crippen LogP contribution in [-0.4, -0.2) is 25.1 Å². The quantitative estimate of drug-likeness (QED) is 0.725. The number of aryl methyl sites for hydroxylation is 2. The molecule has 18 heavy (non-hydrogen) atoms. The van der Waals surface area contributed by atoms with Crippen LogP contribution >= 0.6 is 0 Å². The second kappa shape index (κ2) is 8.49. The number of primary amides is 1. The highest BCUT2D eigenvalue weighted by atomic mass is 16.5. The van der Waals surface area contributed by atoms with Gasteiger partial charge >= 0.3 is 0 Å². The van der Waals surface area contributed by atoms with Gasteiger partial charge in [-0.2, -0.15) is 0 Å². The van der Waals surface area contributed by atoms with E-state index in [0.29, 0.717) is 6.61 Å². The lowest BCUT2D eigenvalue weighted by Gasteiger charge is -2.13. The van der Waals surface area contributed by atoms with Crippen LogP contribution in [0.5, 0.6) is 5.75 Å². The summed E-state index contributed by atoms with van der Waals surface area (Å²) in [6.07, 6.45) is 0. The van der Waals surface area contributed by atoms with Crippen molar-refractivity contribution in [2.24, 2.45) is 17.2 Å². The molecule has 0 aliphatic carbocycles. The van der Waals surface area contributed by atoms with E-state index in [1.165, 1.54) is 11.1 Å². The Morgan fingerprint density at radius 2 is 1.78 bits per heavy atom. The average molecular weight is 253 g/mol. The summed E-state index contributed by atoms with van der Waals surface area (Å²) < 4.78 is 5.60. The van der Waals surface area contributed by atoms with E-state index in [2.05, 4.69) is 5.73 Å². The first kappa shape index (κ1) is 16.4. The van der Waals surface area contributed by atoms with Crippen molar-refractivity contribution in [3.05, 3.63) is 29.3 Å². The minimum atomic E-state index is -0.468. The van der Waals surface area contributed by atoms with Crippen molar-refractivity contribution in [1.29, 1.82) is 0 Å². The largest absolute Gasteiger partial charge is 0.491 e. The minimum absolute atomic E-state index is 0.0556. The zero-order valence-electron chi connectivity index (χ0n) is 11.3. The molecule has 0 bridgehead atoms. The van der Waals surface area contributed by atoms with Crippen molar-refractivity contribution >= 4 is 5.91 Å². The molecule has 1 aromatic carbocycles. The summed E-state index contributed by atoms with van der Waals surface area (Å²) in [5, 5.41) is 0. The lowest BCUT2D eigenvalue weighted by molar-refractivity contribution is -0.116. The van der Waals surface area contributed by atoms with E-state index in [4.69, 9.17) is 16.2 Å². The second-order valence-electron chi connectivity index (χ2n) is 4.18. The molecular formula is C13H23N3O2. The van der Waals surface area contributed by atoms with E-state index in [1.54, 1.807) is 0 Å². The number of hydrogen-bond donors (Lipinski definition) is 3. The number of rotatable bonds is 4. The Kier molecular flexibility index (Phi) is 7.74. The number of carbonyl (C=O) groups excluding carboxylic acids is 1. The smallest absolute Gasteiger partial charge is 0.231 e. The maximum Gasteiger partial charge on any atom is 0.231 e. The van der Waals surface area contributed by atoms with Gasteiger partial charge in [0.2, 0.25) is 5.91 Å². The molecule has 5 nitrogen and oxygen atoms in total. The Bertz CT molecular complexity index is 358. The summed E-state index contributed by atoms with van der Waals surface area (Å²) in [5.74, 6) is 0.504. The van der Waals surface area contributed by atoms with Crippen LogP contribution in [0, 0.1) is 13.8 Å². The topological polar surface area (TPSA) is 104 Å². The summed E-state index contributed by atoms with van der Waals surface area (Å²) >= 11 is 0. The highest BCUT2D eigenvalue weighted by Crippen LogP contribution is 2.22. The van der Waals surface area contributed by atoms with Crippen molar-refractivity contribution in [2.45, 2.75) is 26.8 Å². The molecule has 0 fully saturated rings. The van der Waals surface area contributed by atoms with Crippen molar-refractivity contribution in [3.8, 4) is 5.75 Å².